The van der Waals surface area contributed by atoms with Crippen molar-refractivity contribution in [2.24, 2.45) is 0 Å². The maximum Gasteiger partial charge on any atom is 0.266 e. The largest absolute Gasteiger partial charge is 0.493 e. The van der Waals surface area contributed by atoms with Crippen LogP contribution in [0.15, 0.2) is 28.6 Å². The Labute approximate surface area is 143 Å². The van der Waals surface area contributed by atoms with Crippen molar-refractivity contribution < 1.29 is 14.3 Å². The number of carbonyl (C=O) groups is 1. The van der Waals surface area contributed by atoms with Crippen molar-refractivity contribution in [2.75, 3.05) is 12.4 Å². The van der Waals surface area contributed by atoms with Gasteiger partial charge in [0.2, 0.25) is 5.13 Å². The van der Waals surface area contributed by atoms with Crippen molar-refractivity contribution in [3.63, 3.8) is 0 Å². The molecule has 0 saturated carbocycles. The van der Waals surface area contributed by atoms with Gasteiger partial charge in [-0.2, -0.15) is 0 Å². The van der Waals surface area contributed by atoms with E-state index in [0.29, 0.717) is 21.9 Å². The summed E-state index contributed by atoms with van der Waals surface area (Å²) in [5, 5.41) is 11.6. The first-order valence-corrected chi connectivity index (χ1v) is 8.80. The van der Waals surface area contributed by atoms with Crippen LogP contribution in [0.5, 0.6) is 11.5 Å². The zero-order chi connectivity index (χ0) is 16.8. The number of hydrogen-bond donors (Lipinski definition) is 1. The lowest BCUT2D eigenvalue weighted by atomic mass is 10.3. The Kier molecular flexibility index (Phi) is 6.23. The highest BCUT2D eigenvalue weighted by Crippen LogP contribution is 2.29. The van der Waals surface area contributed by atoms with E-state index >= 15 is 0 Å². The molecule has 0 aliphatic rings. The van der Waals surface area contributed by atoms with Crippen molar-refractivity contribution >= 4 is 34.1 Å². The number of thioether (sulfide) groups is 1. The van der Waals surface area contributed by atoms with E-state index < -0.39 is 6.10 Å². The van der Waals surface area contributed by atoms with Gasteiger partial charge in [0, 0.05) is 5.25 Å². The predicted molar refractivity (Wildman–Crippen MR) is 92.6 cm³/mol. The molecular formula is C15H19N3O3S2. The summed E-state index contributed by atoms with van der Waals surface area (Å²) in [5.41, 5.74) is 0. The average Bonchev–Trinajstić information content (AvgIpc) is 2.93. The van der Waals surface area contributed by atoms with Crippen molar-refractivity contribution in [3.05, 3.63) is 24.3 Å². The van der Waals surface area contributed by atoms with Crippen molar-refractivity contribution in [3.8, 4) is 11.5 Å². The van der Waals surface area contributed by atoms with E-state index in [1.165, 1.54) is 11.3 Å². The molecule has 0 spiro atoms. The first kappa shape index (κ1) is 17.6. The molecular weight excluding hydrogens is 334 g/mol. The van der Waals surface area contributed by atoms with Gasteiger partial charge in [0.05, 0.1) is 7.11 Å². The molecule has 0 saturated heterocycles. The molecule has 1 aromatic heterocycles. The monoisotopic (exact) mass is 353 g/mol. The number of nitrogens with zero attached hydrogens (tertiary/aromatic N) is 2. The van der Waals surface area contributed by atoms with Crippen LogP contribution in [0.1, 0.15) is 20.8 Å². The third kappa shape index (κ3) is 5.11. The number of aromatic nitrogens is 2. The van der Waals surface area contributed by atoms with Gasteiger partial charge in [-0.25, -0.2) is 0 Å². The summed E-state index contributed by atoms with van der Waals surface area (Å²) in [6, 6.07) is 7.19. The molecule has 1 N–H and O–H groups in total. The Bertz CT molecular complexity index is 661. The van der Waals surface area contributed by atoms with Gasteiger partial charge in [-0.1, -0.05) is 49.1 Å². The van der Waals surface area contributed by atoms with Crippen LogP contribution in [0.4, 0.5) is 5.13 Å². The number of methoxy groups -OCH3 is 1. The fraction of sp³-hybridized carbons (Fsp3) is 0.400. The summed E-state index contributed by atoms with van der Waals surface area (Å²) >= 11 is 2.96. The number of anilines is 1. The lowest BCUT2D eigenvalue weighted by Gasteiger charge is -2.15. The van der Waals surface area contributed by atoms with Crippen LogP contribution >= 0.6 is 23.1 Å². The third-order valence-corrected chi connectivity index (χ3v) is 4.64. The number of nitrogens with one attached hydrogen (secondary N) is 1. The fourth-order valence-corrected chi connectivity index (χ4v) is 3.65. The maximum atomic E-state index is 12.2. The maximum absolute atomic E-state index is 12.2. The Morgan fingerprint density at radius 1 is 1.22 bits per heavy atom. The van der Waals surface area contributed by atoms with Gasteiger partial charge in [0.1, 0.15) is 0 Å². The number of amides is 1. The number of benzene rings is 1. The Morgan fingerprint density at radius 3 is 2.57 bits per heavy atom. The highest BCUT2D eigenvalue weighted by Gasteiger charge is 2.18. The van der Waals surface area contributed by atoms with Crippen LogP contribution in [0, 0.1) is 0 Å². The first-order chi connectivity index (χ1) is 11.0. The SMILES string of the molecule is COc1ccccc1O[C@H](C)C(=O)Nc1nnc(SC(C)C)s1. The molecule has 0 unspecified atom stereocenters. The molecule has 1 aromatic carbocycles. The molecule has 2 rings (SSSR count). The molecule has 6 nitrogen and oxygen atoms in total. The molecule has 124 valence electrons. The fourth-order valence-electron chi connectivity index (χ4n) is 1.68. The van der Waals surface area contributed by atoms with E-state index in [2.05, 4.69) is 29.4 Å². The van der Waals surface area contributed by atoms with Crippen molar-refractivity contribution in [1.82, 2.24) is 10.2 Å². The van der Waals surface area contributed by atoms with Crippen LogP contribution in [-0.4, -0.2) is 34.6 Å². The van der Waals surface area contributed by atoms with Gasteiger partial charge >= 0.3 is 0 Å². The molecule has 0 bridgehead atoms. The lowest BCUT2D eigenvalue weighted by molar-refractivity contribution is -0.122. The molecule has 0 fully saturated rings. The topological polar surface area (TPSA) is 73.3 Å². The van der Waals surface area contributed by atoms with Gasteiger partial charge in [-0.15, -0.1) is 10.2 Å². The second-order valence-electron chi connectivity index (χ2n) is 4.94. The lowest BCUT2D eigenvalue weighted by Crippen LogP contribution is -2.30. The minimum Gasteiger partial charge on any atom is -0.493 e. The quantitative estimate of drug-likeness (QED) is 0.607. The summed E-state index contributed by atoms with van der Waals surface area (Å²) in [6.07, 6.45) is -0.684. The van der Waals surface area contributed by atoms with E-state index in [-0.39, 0.29) is 5.91 Å². The molecule has 0 aliphatic carbocycles. The highest BCUT2D eigenvalue weighted by atomic mass is 32.2. The van der Waals surface area contributed by atoms with Gasteiger partial charge in [0.25, 0.3) is 5.91 Å². The minimum absolute atomic E-state index is 0.284. The van der Waals surface area contributed by atoms with Crippen LogP contribution in [-0.2, 0) is 4.79 Å². The molecule has 0 aliphatic heterocycles. The van der Waals surface area contributed by atoms with Crippen LogP contribution in [0.2, 0.25) is 0 Å². The molecule has 2 aromatic rings. The average molecular weight is 353 g/mol. The summed E-state index contributed by atoms with van der Waals surface area (Å²) in [6.45, 7) is 5.83. The number of para-hydroxylation sites is 2. The molecule has 1 heterocycles. The summed E-state index contributed by atoms with van der Waals surface area (Å²) in [5.74, 6) is 0.817. The molecule has 8 heteroatoms. The summed E-state index contributed by atoms with van der Waals surface area (Å²) in [4.78, 5) is 12.2. The molecule has 23 heavy (non-hydrogen) atoms. The van der Waals surface area contributed by atoms with Crippen molar-refractivity contribution in [1.29, 1.82) is 0 Å². The van der Waals surface area contributed by atoms with E-state index in [9.17, 15) is 4.79 Å². The van der Waals surface area contributed by atoms with E-state index in [1.807, 2.05) is 12.1 Å². The number of carbonyl (C=O) groups excluding carboxylic acids is 1. The minimum atomic E-state index is -0.684. The second-order valence-corrected chi connectivity index (χ2v) is 7.74. The summed E-state index contributed by atoms with van der Waals surface area (Å²) in [7, 11) is 1.56. The molecule has 0 radical (unpaired) electrons. The number of rotatable bonds is 7. The van der Waals surface area contributed by atoms with Gasteiger partial charge in [-0.05, 0) is 19.1 Å². The molecule has 1 atom stereocenters. The van der Waals surface area contributed by atoms with Crippen LogP contribution < -0.4 is 14.8 Å². The standard InChI is InChI=1S/C15H19N3O3S2/c1-9(2)22-15-18-17-14(23-15)16-13(19)10(3)21-12-8-6-5-7-11(12)20-4/h5-10H,1-4H3,(H,16,17,19)/t10-/m1/s1. The van der Waals surface area contributed by atoms with Gasteiger partial charge in [-0.3, -0.25) is 10.1 Å². The third-order valence-electron chi connectivity index (χ3n) is 2.72. The van der Waals surface area contributed by atoms with Gasteiger partial charge < -0.3 is 9.47 Å². The Hall–Kier alpha value is -1.80. The van der Waals surface area contributed by atoms with E-state index in [4.69, 9.17) is 9.47 Å². The zero-order valence-electron chi connectivity index (χ0n) is 13.4. The smallest absolute Gasteiger partial charge is 0.266 e. The first-order valence-electron chi connectivity index (χ1n) is 7.10. The van der Waals surface area contributed by atoms with Gasteiger partial charge in [0.15, 0.2) is 21.9 Å². The number of hydrogen-bond acceptors (Lipinski definition) is 7. The number of ether oxygens (including phenoxy) is 2. The Balaban J connectivity index is 1.96. The summed E-state index contributed by atoms with van der Waals surface area (Å²) < 4.78 is 11.7. The van der Waals surface area contributed by atoms with E-state index in [1.54, 1.807) is 37.9 Å². The second kappa shape index (κ2) is 8.16. The van der Waals surface area contributed by atoms with Crippen LogP contribution in [0.3, 0.4) is 0 Å². The highest BCUT2D eigenvalue weighted by molar-refractivity contribution is 8.01. The van der Waals surface area contributed by atoms with E-state index in [0.717, 1.165) is 4.34 Å². The van der Waals surface area contributed by atoms with Crippen LogP contribution in [0.25, 0.3) is 0 Å². The van der Waals surface area contributed by atoms with Crippen molar-refractivity contribution in [2.45, 2.75) is 36.5 Å². The normalized spacial score (nSPS) is 12.0. The predicted octanol–water partition coefficient (Wildman–Crippen LogP) is 3.45. The molecule has 1 amide bonds. The zero-order valence-corrected chi connectivity index (χ0v) is 15.0. The Morgan fingerprint density at radius 2 is 1.91 bits per heavy atom.